The van der Waals surface area contributed by atoms with E-state index >= 15 is 0 Å². The number of carbonyl (C=O) groups excluding carboxylic acids is 1. The van der Waals surface area contributed by atoms with Gasteiger partial charge in [0.1, 0.15) is 0 Å². The first kappa shape index (κ1) is 18.3. The van der Waals surface area contributed by atoms with Crippen molar-refractivity contribution < 1.29 is 9.53 Å². The van der Waals surface area contributed by atoms with Crippen LogP contribution in [0.3, 0.4) is 0 Å². The van der Waals surface area contributed by atoms with Crippen LogP contribution < -0.4 is 0 Å². The Kier molecular flexibility index (Phi) is 5.56. The van der Waals surface area contributed by atoms with E-state index < -0.39 is 0 Å². The highest BCUT2D eigenvalue weighted by atomic mass is 35.5. The van der Waals surface area contributed by atoms with Crippen LogP contribution in [0, 0.1) is 0 Å². The molecule has 3 nitrogen and oxygen atoms in total. The van der Waals surface area contributed by atoms with Gasteiger partial charge < -0.3 is 9.64 Å². The molecule has 0 atom stereocenters. The summed E-state index contributed by atoms with van der Waals surface area (Å²) in [6.45, 7) is 1.66. The summed E-state index contributed by atoms with van der Waals surface area (Å²) in [6.07, 6.45) is 12.2. The van der Waals surface area contributed by atoms with Crippen molar-refractivity contribution in [2.75, 3.05) is 13.1 Å². The number of hydrogen-bond donors (Lipinski definition) is 0. The van der Waals surface area contributed by atoms with Crippen LogP contribution in [-0.2, 0) is 14.9 Å². The van der Waals surface area contributed by atoms with Crippen LogP contribution in [0.4, 0.5) is 0 Å². The number of ether oxygens (including phenoxy) is 1. The van der Waals surface area contributed by atoms with Gasteiger partial charge in [0.2, 0.25) is 5.91 Å². The summed E-state index contributed by atoms with van der Waals surface area (Å²) >= 11 is 6.19. The summed E-state index contributed by atoms with van der Waals surface area (Å²) in [5.41, 5.74) is 0.768. The topological polar surface area (TPSA) is 29.5 Å². The second kappa shape index (κ2) is 7.90. The van der Waals surface area contributed by atoms with Gasteiger partial charge in [-0.05, 0) is 56.2 Å². The first-order valence-corrected chi connectivity index (χ1v) is 10.8. The minimum atomic E-state index is -0.331. The summed E-state index contributed by atoms with van der Waals surface area (Å²) in [5.74, 6) is 0.308. The SMILES string of the molecule is O=C(N1CCC(OC2CCCCC2)CC1)C1(c2cccc(Cl)c2)CCC1. The molecule has 4 heteroatoms. The first-order chi connectivity index (χ1) is 12.7. The molecule has 4 rings (SSSR count). The van der Waals surface area contributed by atoms with Crippen LogP contribution in [0.5, 0.6) is 0 Å². The van der Waals surface area contributed by atoms with Crippen molar-refractivity contribution in [2.45, 2.75) is 81.8 Å². The third-order valence-corrected chi connectivity index (χ3v) is 6.90. The molecule has 2 saturated carbocycles. The Labute approximate surface area is 162 Å². The summed E-state index contributed by atoms with van der Waals surface area (Å²) in [5, 5.41) is 0.723. The van der Waals surface area contributed by atoms with E-state index in [2.05, 4.69) is 11.0 Å². The molecule has 3 fully saturated rings. The monoisotopic (exact) mass is 375 g/mol. The van der Waals surface area contributed by atoms with Crippen molar-refractivity contribution in [2.24, 2.45) is 0 Å². The zero-order valence-electron chi connectivity index (χ0n) is 15.6. The van der Waals surface area contributed by atoms with E-state index in [1.807, 2.05) is 18.2 Å². The Hall–Kier alpha value is -1.06. The fourth-order valence-corrected chi connectivity index (χ4v) is 5.10. The van der Waals surface area contributed by atoms with Gasteiger partial charge in [0.05, 0.1) is 17.6 Å². The van der Waals surface area contributed by atoms with Gasteiger partial charge in [-0.15, -0.1) is 0 Å². The van der Waals surface area contributed by atoms with Crippen LogP contribution in [0.15, 0.2) is 24.3 Å². The molecule has 1 aromatic rings. The second-order valence-electron chi connectivity index (χ2n) is 8.33. The maximum absolute atomic E-state index is 13.4. The van der Waals surface area contributed by atoms with Crippen molar-refractivity contribution >= 4 is 17.5 Å². The van der Waals surface area contributed by atoms with Crippen LogP contribution >= 0.6 is 11.6 Å². The average molecular weight is 376 g/mol. The molecule has 0 bridgehead atoms. The first-order valence-electron chi connectivity index (χ1n) is 10.4. The zero-order chi connectivity index (χ0) is 18.0. The summed E-state index contributed by atoms with van der Waals surface area (Å²) < 4.78 is 6.33. The van der Waals surface area contributed by atoms with Crippen molar-refractivity contribution in [3.05, 3.63) is 34.9 Å². The number of rotatable bonds is 4. The molecule has 1 heterocycles. The molecule has 142 valence electrons. The second-order valence-corrected chi connectivity index (χ2v) is 8.77. The van der Waals surface area contributed by atoms with E-state index in [0.29, 0.717) is 18.1 Å². The van der Waals surface area contributed by atoms with Crippen molar-refractivity contribution in [3.8, 4) is 0 Å². The fourth-order valence-electron chi connectivity index (χ4n) is 4.91. The molecule has 2 aliphatic carbocycles. The van der Waals surface area contributed by atoms with Crippen LogP contribution in [0.1, 0.15) is 69.8 Å². The number of amides is 1. The molecule has 0 aromatic heterocycles. The average Bonchev–Trinajstić information content (AvgIpc) is 2.62. The van der Waals surface area contributed by atoms with Crippen LogP contribution in [-0.4, -0.2) is 36.1 Å². The number of likely N-dealkylation sites (tertiary alicyclic amines) is 1. The number of benzene rings is 1. The number of halogens is 1. The van der Waals surface area contributed by atoms with Crippen LogP contribution in [0.2, 0.25) is 5.02 Å². The number of hydrogen-bond acceptors (Lipinski definition) is 2. The molecule has 0 N–H and O–H groups in total. The van der Waals surface area contributed by atoms with Gasteiger partial charge >= 0.3 is 0 Å². The third kappa shape index (κ3) is 3.66. The molecule has 1 aliphatic heterocycles. The lowest BCUT2D eigenvalue weighted by Gasteiger charge is -2.46. The van der Waals surface area contributed by atoms with Gasteiger partial charge in [0.15, 0.2) is 0 Å². The molecule has 1 amide bonds. The highest BCUT2D eigenvalue weighted by molar-refractivity contribution is 6.30. The molecular weight excluding hydrogens is 346 g/mol. The van der Waals surface area contributed by atoms with Gasteiger partial charge in [0.25, 0.3) is 0 Å². The maximum Gasteiger partial charge on any atom is 0.233 e. The molecular formula is C22H30ClNO2. The smallest absolute Gasteiger partial charge is 0.233 e. The number of carbonyl (C=O) groups is 1. The largest absolute Gasteiger partial charge is 0.375 e. The lowest BCUT2D eigenvalue weighted by molar-refractivity contribution is -0.144. The lowest BCUT2D eigenvalue weighted by Crippen LogP contribution is -2.53. The summed E-state index contributed by atoms with van der Waals surface area (Å²) in [6, 6.07) is 7.91. The van der Waals surface area contributed by atoms with E-state index in [4.69, 9.17) is 16.3 Å². The molecule has 1 aromatic carbocycles. The molecule has 26 heavy (non-hydrogen) atoms. The highest BCUT2D eigenvalue weighted by Gasteiger charge is 2.48. The van der Waals surface area contributed by atoms with Crippen molar-refractivity contribution in [1.29, 1.82) is 0 Å². The third-order valence-electron chi connectivity index (χ3n) is 6.66. The Balaban J connectivity index is 1.36. The van der Waals surface area contributed by atoms with E-state index in [1.165, 1.54) is 32.1 Å². The van der Waals surface area contributed by atoms with Gasteiger partial charge in [0, 0.05) is 18.1 Å². The maximum atomic E-state index is 13.4. The predicted molar refractivity (Wildman–Crippen MR) is 105 cm³/mol. The Morgan fingerprint density at radius 2 is 1.69 bits per heavy atom. The summed E-state index contributed by atoms with van der Waals surface area (Å²) in [7, 11) is 0. The fraction of sp³-hybridized carbons (Fsp3) is 0.682. The van der Waals surface area contributed by atoms with Gasteiger partial charge in [-0.25, -0.2) is 0 Å². The van der Waals surface area contributed by atoms with E-state index in [-0.39, 0.29) is 5.41 Å². The molecule has 0 spiro atoms. The normalized spacial score (nSPS) is 24.3. The minimum Gasteiger partial charge on any atom is -0.375 e. The summed E-state index contributed by atoms with van der Waals surface area (Å²) in [4.78, 5) is 15.4. The minimum absolute atomic E-state index is 0.308. The Morgan fingerprint density at radius 3 is 2.31 bits per heavy atom. The van der Waals surface area contributed by atoms with Crippen molar-refractivity contribution in [1.82, 2.24) is 4.90 Å². The molecule has 0 radical (unpaired) electrons. The molecule has 3 aliphatic rings. The highest BCUT2D eigenvalue weighted by Crippen LogP contribution is 2.46. The predicted octanol–water partition coefficient (Wildman–Crippen LogP) is 5.10. The number of piperidine rings is 1. The van der Waals surface area contributed by atoms with E-state index in [0.717, 1.165) is 55.8 Å². The number of nitrogens with zero attached hydrogens (tertiary/aromatic N) is 1. The Morgan fingerprint density at radius 1 is 1.00 bits per heavy atom. The van der Waals surface area contributed by atoms with E-state index in [1.54, 1.807) is 0 Å². The molecule has 0 unspecified atom stereocenters. The zero-order valence-corrected chi connectivity index (χ0v) is 16.3. The van der Waals surface area contributed by atoms with Gasteiger partial charge in [-0.3, -0.25) is 4.79 Å². The van der Waals surface area contributed by atoms with Gasteiger partial charge in [-0.1, -0.05) is 49.4 Å². The van der Waals surface area contributed by atoms with E-state index in [9.17, 15) is 4.79 Å². The standard InChI is InChI=1S/C22H30ClNO2/c23-18-7-4-6-17(16-18)22(12-5-13-22)21(25)24-14-10-20(11-15-24)26-19-8-2-1-3-9-19/h4,6-7,16,19-20H,1-3,5,8-15H2. The molecule has 1 saturated heterocycles. The lowest BCUT2D eigenvalue weighted by atomic mass is 9.63. The quantitative estimate of drug-likeness (QED) is 0.732. The van der Waals surface area contributed by atoms with Gasteiger partial charge in [-0.2, -0.15) is 0 Å². The Bertz CT molecular complexity index is 629. The van der Waals surface area contributed by atoms with Crippen LogP contribution in [0.25, 0.3) is 0 Å². The van der Waals surface area contributed by atoms with Crippen molar-refractivity contribution in [3.63, 3.8) is 0 Å².